The molecular formula is C15H10FNO5S. The molecule has 8 heteroatoms. The van der Waals surface area contributed by atoms with Crippen LogP contribution in [-0.4, -0.2) is 24.7 Å². The van der Waals surface area contributed by atoms with E-state index in [2.05, 4.69) is 0 Å². The molecule has 0 saturated carbocycles. The topological polar surface area (TPSA) is 91.8 Å². The first-order chi connectivity index (χ1) is 10.8. The molecule has 1 heterocycles. The fraction of sp³-hybridized carbons (Fsp3) is 0.0667. The van der Waals surface area contributed by atoms with E-state index >= 15 is 0 Å². The van der Waals surface area contributed by atoms with E-state index in [0.29, 0.717) is 0 Å². The molecule has 0 fully saturated rings. The van der Waals surface area contributed by atoms with Crippen LogP contribution in [0, 0.1) is 5.82 Å². The zero-order chi connectivity index (χ0) is 16.8. The van der Waals surface area contributed by atoms with Crippen molar-refractivity contribution in [3.8, 4) is 0 Å². The molecule has 0 radical (unpaired) electrons. The lowest BCUT2D eigenvalue weighted by molar-refractivity contribution is -0.114. The van der Waals surface area contributed by atoms with Gasteiger partial charge in [0.05, 0.1) is 22.7 Å². The van der Waals surface area contributed by atoms with Gasteiger partial charge in [-0.05, 0) is 24.3 Å². The van der Waals surface area contributed by atoms with Crippen LogP contribution in [-0.2, 0) is 21.5 Å². The molecule has 23 heavy (non-hydrogen) atoms. The van der Waals surface area contributed by atoms with Gasteiger partial charge in [0, 0.05) is 5.56 Å². The van der Waals surface area contributed by atoms with Crippen molar-refractivity contribution in [3.05, 3.63) is 59.4 Å². The Kier molecular flexibility index (Phi) is 3.50. The molecular weight excluding hydrogens is 325 g/mol. The monoisotopic (exact) mass is 335 g/mol. The quantitative estimate of drug-likeness (QED) is 0.682. The summed E-state index contributed by atoms with van der Waals surface area (Å²) in [6, 6.07) is 9.08. The Morgan fingerprint density at radius 3 is 2.43 bits per heavy atom. The number of hydrogen-bond donors (Lipinski definition) is 1. The van der Waals surface area contributed by atoms with Crippen LogP contribution in [0.5, 0.6) is 0 Å². The van der Waals surface area contributed by atoms with Gasteiger partial charge in [0.15, 0.2) is 0 Å². The first kappa shape index (κ1) is 15.3. The lowest BCUT2D eigenvalue weighted by Crippen LogP contribution is -2.29. The Hall–Kier alpha value is -2.58. The van der Waals surface area contributed by atoms with Gasteiger partial charge in [-0.3, -0.25) is 14.1 Å². The number of fused-ring (bicyclic) bond motifs is 1. The summed E-state index contributed by atoms with van der Waals surface area (Å²) in [7, 11) is -4.49. The number of rotatable bonds is 3. The summed E-state index contributed by atoms with van der Waals surface area (Å²) in [5.74, 6) is -2.30. The van der Waals surface area contributed by atoms with Gasteiger partial charge in [0.25, 0.3) is 21.8 Å². The van der Waals surface area contributed by atoms with Crippen LogP contribution in [0.2, 0.25) is 0 Å². The number of nitrogens with zero attached hydrogens (tertiary/aromatic N) is 1. The van der Waals surface area contributed by atoms with Crippen molar-refractivity contribution in [2.45, 2.75) is 11.4 Å². The van der Waals surface area contributed by atoms with Gasteiger partial charge in [0.2, 0.25) is 0 Å². The standard InChI is InChI=1S/C15H10FNO5S/c16-12-4-2-1-3-9(12)8-17-13-6-5-10(23(20,21)22)7-11(13)14(18)15(17)19/h1-7H,8H2,(H,20,21,22). The number of carbonyl (C=O) groups excluding carboxylic acids is 2. The normalized spacial score (nSPS) is 14.3. The number of carbonyl (C=O) groups is 2. The number of hydrogen-bond acceptors (Lipinski definition) is 4. The van der Waals surface area contributed by atoms with Crippen molar-refractivity contribution in [2.24, 2.45) is 0 Å². The number of Topliss-reactive ketones (excluding diaryl/α,β-unsaturated/α-hetero) is 1. The number of ketones is 1. The minimum Gasteiger partial charge on any atom is -0.300 e. The van der Waals surface area contributed by atoms with Crippen molar-refractivity contribution in [1.82, 2.24) is 0 Å². The molecule has 2 aromatic rings. The van der Waals surface area contributed by atoms with E-state index in [-0.39, 0.29) is 23.4 Å². The van der Waals surface area contributed by atoms with Gasteiger partial charge in [-0.2, -0.15) is 8.42 Å². The number of benzene rings is 2. The van der Waals surface area contributed by atoms with Crippen molar-refractivity contribution in [3.63, 3.8) is 0 Å². The van der Waals surface area contributed by atoms with Gasteiger partial charge in [0.1, 0.15) is 5.82 Å². The Morgan fingerprint density at radius 1 is 1.09 bits per heavy atom. The Labute approximate surface area is 130 Å². The lowest BCUT2D eigenvalue weighted by atomic mass is 10.1. The predicted octanol–water partition coefficient (Wildman–Crippen LogP) is 1.80. The van der Waals surface area contributed by atoms with E-state index in [0.717, 1.165) is 17.0 Å². The van der Waals surface area contributed by atoms with E-state index in [1.54, 1.807) is 6.07 Å². The molecule has 1 aliphatic rings. The molecule has 1 N–H and O–H groups in total. The highest BCUT2D eigenvalue weighted by Crippen LogP contribution is 2.32. The van der Waals surface area contributed by atoms with E-state index in [1.807, 2.05) is 0 Å². The maximum Gasteiger partial charge on any atom is 0.299 e. The molecule has 6 nitrogen and oxygen atoms in total. The average Bonchev–Trinajstić information content (AvgIpc) is 2.73. The number of anilines is 1. The molecule has 0 saturated heterocycles. The van der Waals surface area contributed by atoms with Crippen LogP contribution in [0.4, 0.5) is 10.1 Å². The van der Waals surface area contributed by atoms with Crippen molar-refractivity contribution < 1.29 is 27.0 Å². The fourth-order valence-electron chi connectivity index (χ4n) is 2.39. The van der Waals surface area contributed by atoms with Crippen LogP contribution in [0.1, 0.15) is 15.9 Å². The van der Waals surface area contributed by atoms with E-state index in [1.165, 1.54) is 24.3 Å². The zero-order valence-corrected chi connectivity index (χ0v) is 12.4. The second-order valence-electron chi connectivity index (χ2n) is 4.97. The largest absolute Gasteiger partial charge is 0.300 e. The molecule has 0 aliphatic carbocycles. The van der Waals surface area contributed by atoms with E-state index in [9.17, 15) is 22.4 Å². The Morgan fingerprint density at radius 2 is 1.78 bits per heavy atom. The highest BCUT2D eigenvalue weighted by Gasteiger charge is 2.37. The second kappa shape index (κ2) is 5.25. The van der Waals surface area contributed by atoms with Gasteiger partial charge in [-0.15, -0.1) is 0 Å². The van der Waals surface area contributed by atoms with Gasteiger partial charge < -0.3 is 4.90 Å². The molecule has 118 valence electrons. The predicted molar refractivity (Wildman–Crippen MR) is 78.2 cm³/mol. The smallest absolute Gasteiger partial charge is 0.299 e. The van der Waals surface area contributed by atoms with Crippen LogP contribution < -0.4 is 4.90 Å². The van der Waals surface area contributed by atoms with Gasteiger partial charge in [-0.1, -0.05) is 18.2 Å². The molecule has 0 aromatic heterocycles. The third-order valence-electron chi connectivity index (χ3n) is 3.53. The van der Waals surface area contributed by atoms with Crippen LogP contribution in [0.3, 0.4) is 0 Å². The summed E-state index contributed by atoms with van der Waals surface area (Å²) < 4.78 is 45.0. The number of halogens is 1. The van der Waals surface area contributed by atoms with Crippen molar-refractivity contribution >= 4 is 27.5 Å². The Balaban J connectivity index is 2.05. The van der Waals surface area contributed by atoms with E-state index in [4.69, 9.17) is 4.55 Å². The fourth-order valence-corrected chi connectivity index (χ4v) is 2.90. The molecule has 2 aromatic carbocycles. The van der Waals surface area contributed by atoms with Gasteiger partial charge >= 0.3 is 0 Å². The molecule has 0 unspecified atom stereocenters. The minimum atomic E-state index is -4.49. The highest BCUT2D eigenvalue weighted by atomic mass is 32.2. The molecule has 1 amide bonds. The summed E-state index contributed by atoms with van der Waals surface area (Å²) in [5.41, 5.74) is 0.262. The van der Waals surface area contributed by atoms with Crippen LogP contribution in [0.25, 0.3) is 0 Å². The minimum absolute atomic E-state index is 0.138. The Bertz CT molecular complexity index is 939. The molecule has 0 spiro atoms. The molecule has 1 aliphatic heterocycles. The van der Waals surface area contributed by atoms with Crippen LogP contribution >= 0.6 is 0 Å². The lowest BCUT2D eigenvalue weighted by Gasteiger charge is -2.17. The third kappa shape index (κ3) is 2.62. The maximum absolute atomic E-state index is 13.7. The number of amides is 1. The summed E-state index contributed by atoms with van der Waals surface area (Å²) in [6.07, 6.45) is 0. The summed E-state index contributed by atoms with van der Waals surface area (Å²) in [5, 5.41) is 0. The SMILES string of the molecule is O=C1C(=O)N(Cc2ccccc2F)c2ccc(S(=O)(=O)O)cc21. The van der Waals surface area contributed by atoms with E-state index < -0.39 is 32.5 Å². The van der Waals surface area contributed by atoms with Gasteiger partial charge in [-0.25, -0.2) is 4.39 Å². The van der Waals surface area contributed by atoms with Crippen LogP contribution in [0.15, 0.2) is 47.4 Å². The first-order valence-corrected chi connectivity index (χ1v) is 7.94. The molecule has 3 rings (SSSR count). The molecule has 0 bridgehead atoms. The summed E-state index contributed by atoms with van der Waals surface area (Å²) >= 11 is 0. The third-order valence-corrected chi connectivity index (χ3v) is 4.38. The first-order valence-electron chi connectivity index (χ1n) is 6.50. The zero-order valence-electron chi connectivity index (χ0n) is 11.6. The summed E-state index contributed by atoms with van der Waals surface area (Å²) in [4.78, 5) is 24.7. The molecule has 0 atom stereocenters. The summed E-state index contributed by atoms with van der Waals surface area (Å²) in [6.45, 7) is -0.157. The average molecular weight is 335 g/mol. The van der Waals surface area contributed by atoms with Crippen molar-refractivity contribution in [2.75, 3.05) is 4.90 Å². The maximum atomic E-state index is 13.7. The van der Waals surface area contributed by atoms with Crippen molar-refractivity contribution in [1.29, 1.82) is 0 Å². The highest BCUT2D eigenvalue weighted by molar-refractivity contribution is 7.85. The second-order valence-corrected chi connectivity index (χ2v) is 6.39.